The molecule has 1 aromatic heterocycles. The molecule has 604 valence electrons. The minimum absolute atomic E-state index is 0.0421. The van der Waals surface area contributed by atoms with Crippen LogP contribution < -0.4 is 0 Å². The number of ether oxygens (including phenoxy) is 8. The largest absolute Gasteiger partial charge is 0.437 e. The van der Waals surface area contributed by atoms with Crippen LogP contribution in [0.5, 0.6) is 0 Å². The van der Waals surface area contributed by atoms with Gasteiger partial charge in [0.15, 0.2) is 58.3 Å². The van der Waals surface area contributed by atoms with Crippen LogP contribution in [-0.2, 0) is 77.0 Å². The third-order valence-corrected chi connectivity index (χ3v) is 35.1. The molecule has 44 heteroatoms. The first kappa shape index (κ1) is 95.3. The van der Waals surface area contributed by atoms with Crippen LogP contribution in [-0.4, -0.2) is 370 Å². The van der Waals surface area contributed by atoms with Crippen LogP contribution in [0.3, 0.4) is 0 Å². The standard InChI is InChI=1S/C30H60N4O15Si3.C17H27NO11.C13H33N3O4Si3/c1-18(37)34(29-26(42)25(41)28(22(16-36)45-29)47-30-27(43)24(40)23(39)21(15-35)46-30)13-19-12-33(32-31-19)14-20(38)17-44-10-9-11-52(8,48-50(2,3)4)49-51(5,6)7;1-3-4-18(7(2)21)16-13(25)12(24)15(9(6-20)27-16)29-17-14(26)11(23)10(22)8(5-19)28-17;1-21(2,3)19-23(7,20-22(4,5)6)10-8-9-18-12-13(17)11-15-16-14/h12,20-30,35-36,38-43H,9-11,13-17H2,1-8H3;1,8-17,19-20,22-26H,4-6H2,2H3;13,17H,8-12H2,1-7H3/t20?,21?,22-,23+,24-,25?,26?,27?,28+,29+,30?;8?,9-,10+,11-,12?,13?,14-,15+,16+,17?;/m00./s1. The van der Waals surface area contributed by atoms with Gasteiger partial charge in [-0.05, 0) is 122 Å². The number of rotatable bonds is 37. The first-order chi connectivity index (χ1) is 48.1. The third kappa shape index (κ3) is 31.1. The highest BCUT2D eigenvalue weighted by molar-refractivity contribution is 6.88. The van der Waals surface area contributed by atoms with Crippen molar-refractivity contribution in [1.29, 1.82) is 0 Å². The molecule has 1 aromatic rings. The lowest BCUT2D eigenvalue weighted by Gasteiger charge is -2.48. The van der Waals surface area contributed by atoms with Gasteiger partial charge in [0.1, 0.15) is 103 Å². The van der Waals surface area contributed by atoms with Crippen molar-refractivity contribution in [2.75, 3.05) is 65.9 Å². The van der Waals surface area contributed by atoms with Crippen molar-refractivity contribution in [2.24, 2.45) is 5.11 Å². The number of carbonyl (C=O) groups is 2. The highest BCUT2D eigenvalue weighted by Crippen LogP contribution is 2.34. The average molecular weight is 1600 g/mol. The Labute approximate surface area is 614 Å². The number of nitrogens with zero attached hydrogens (tertiary/aromatic N) is 8. The van der Waals surface area contributed by atoms with Gasteiger partial charge in [0.2, 0.25) is 11.8 Å². The molecule has 2 amide bonds. The lowest BCUT2D eigenvalue weighted by molar-refractivity contribution is -0.348. The van der Waals surface area contributed by atoms with Crippen molar-refractivity contribution in [3.8, 4) is 12.3 Å². The van der Waals surface area contributed by atoms with E-state index in [9.17, 15) is 91.3 Å². The zero-order chi connectivity index (χ0) is 79.2. The summed E-state index contributed by atoms with van der Waals surface area (Å²) in [7, 11) is -11.5. The SMILES string of the molecule is C#CCN(C(C)=O)[C@@H]1O[C@@H](CO)[C@@H](OC2OC(CO)[C@@H](O)[C@H](O)[C@@H]2O)C(O)C1O.CC(=O)N(Cc1cn(CC(O)COCCC[Si](C)(O[Si](C)(C)C)O[Si](C)(C)C)nn1)[C@@H]1O[C@@H](CO)[C@@H](OC2OC(CO)[C@@H](O)[C@H](O)C2O)C(O)C1O.C[Si](C)(C)O[Si](C)(CCCOCC(O)CN=[N+]=[N-])O[Si](C)(C)C. The van der Waals surface area contributed by atoms with Crippen LogP contribution in [0, 0.1) is 12.3 Å². The van der Waals surface area contributed by atoms with Crippen molar-refractivity contribution in [2.45, 2.75) is 278 Å². The molecule has 4 fully saturated rings. The van der Waals surface area contributed by atoms with E-state index in [4.69, 9.17) is 66.3 Å². The van der Waals surface area contributed by atoms with E-state index in [0.717, 1.165) is 34.7 Å². The molecular formula is C60H120N8O30Si6. The molecule has 0 aromatic carbocycles. The Morgan fingerprint density at radius 1 is 0.567 bits per heavy atom. The number of azide groups is 1. The maximum absolute atomic E-state index is 12.7. The van der Waals surface area contributed by atoms with Crippen molar-refractivity contribution in [3.05, 3.63) is 22.3 Å². The fraction of sp³-hybridized carbons (Fsp3) is 0.900. The Balaban J connectivity index is 0.000000453. The fourth-order valence-electron chi connectivity index (χ4n) is 11.9. The number of aliphatic hydroxyl groups is 16. The molecule has 22 atom stereocenters. The predicted molar refractivity (Wildman–Crippen MR) is 383 cm³/mol. The molecule has 38 nitrogen and oxygen atoms in total. The molecule has 4 aliphatic heterocycles. The summed E-state index contributed by atoms with van der Waals surface area (Å²) in [5.41, 5.74) is 8.46. The van der Waals surface area contributed by atoms with E-state index in [1.165, 1.54) is 24.7 Å². The number of aromatic nitrogens is 3. The molecule has 5 heterocycles. The van der Waals surface area contributed by atoms with E-state index in [2.05, 4.69) is 118 Å². The maximum atomic E-state index is 12.7. The zero-order valence-electron chi connectivity index (χ0n) is 62.6. The molecule has 11 unspecified atom stereocenters. The van der Waals surface area contributed by atoms with Gasteiger partial charge in [-0.15, -0.1) is 11.5 Å². The summed E-state index contributed by atoms with van der Waals surface area (Å²) in [4.78, 5) is 29.2. The molecule has 4 aliphatic rings. The van der Waals surface area contributed by atoms with E-state index in [0.29, 0.717) is 13.2 Å². The lowest BCUT2D eigenvalue weighted by Crippen LogP contribution is -2.67. The highest BCUT2D eigenvalue weighted by atomic mass is 28.5. The van der Waals surface area contributed by atoms with Crippen LogP contribution in [0.1, 0.15) is 32.4 Å². The van der Waals surface area contributed by atoms with Gasteiger partial charge in [-0.2, -0.15) is 0 Å². The first-order valence-corrected chi connectivity index (χ1v) is 53.2. The summed E-state index contributed by atoms with van der Waals surface area (Å²) in [6.45, 7) is 30.6. The topological polar surface area (TPSA) is 555 Å². The predicted octanol–water partition coefficient (Wildman–Crippen LogP) is -3.28. The van der Waals surface area contributed by atoms with E-state index >= 15 is 0 Å². The number of terminal acetylenes is 1. The Bertz CT molecular complexity index is 2750. The summed E-state index contributed by atoms with van der Waals surface area (Å²) >= 11 is 0. The minimum Gasteiger partial charge on any atom is -0.437 e. The Morgan fingerprint density at radius 3 is 1.29 bits per heavy atom. The third-order valence-electron chi connectivity index (χ3n) is 15.9. The van der Waals surface area contributed by atoms with Crippen LogP contribution >= 0.6 is 0 Å². The second-order valence-electron chi connectivity index (χ2n) is 30.2. The normalized spacial score (nSPS) is 30.7. The van der Waals surface area contributed by atoms with E-state index in [1.807, 2.05) is 0 Å². The summed E-state index contributed by atoms with van der Waals surface area (Å²) in [5, 5.41) is 173. The molecule has 0 saturated carbocycles. The van der Waals surface area contributed by atoms with Gasteiger partial charge < -0.3 is 146 Å². The Kier molecular flexibility index (Phi) is 39.5. The second kappa shape index (κ2) is 43.1. The van der Waals surface area contributed by atoms with Gasteiger partial charge in [0.25, 0.3) is 0 Å². The first-order valence-electron chi connectivity index (χ1n) is 34.5. The fourth-order valence-corrected chi connectivity index (χ4v) is 36.9. The molecule has 0 spiro atoms. The van der Waals surface area contributed by atoms with Gasteiger partial charge in [-0.3, -0.25) is 9.59 Å². The number of aliphatic hydroxyl groups excluding tert-OH is 16. The summed E-state index contributed by atoms with van der Waals surface area (Å²) in [6.07, 6.45) is -25.0. The van der Waals surface area contributed by atoms with Crippen LogP contribution in [0.15, 0.2) is 11.3 Å². The molecule has 4 saturated heterocycles. The van der Waals surface area contributed by atoms with Gasteiger partial charge in [0, 0.05) is 32.0 Å². The Hall–Kier alpha value is -2.87. The quantitative estimate of drug-likeness (QED) is 0.00776. The molecule has 16 N–H and O–H groups in total. The van der Waals surface area contributed by atoms with Crippen molar-refractivity contribution < 1.29 is 146 Å². The van der Waals surface area contributed by atoms with Crippen LogP contribution in [0.4, 0.5) is 0 Å². The van der Waals surface area contributed by atoms with Crippen LogP contribution in [0.2, 0.25) is 104 Å². The number of carbonyl (C=O) groups excluding carboxylic acids is 2. The minimum atomic E-state index is -2.39. The monoisotopic (exact) mass is 1600 g/mol. The Morgan fingerprint density at radius 2 is 0.942 bits per heavy atom. The van der Waals surface area contributed by atoms with Gasteiger partial charge in [0.05, 0.1) is 84.2 Å². The number of hydrogen-bond acceptors (Lipinski definition) is 33. The zero-order valence-corrected chi connectivity index (χ0v) is 68.6. The molecule has 5 rings (SSSR count). The smallest absolute Gasteiger partial charge is 0.314 e. The van der Waals surface area contributed by atoms with Gasteiger partial charge in [-0.25, -0.2) is 4.68 Å². The van der Waals surface area contributed by atoms with Crippen molar-refractivity contribution in [3.63, 3.8) is 0 Å². The van der Waals surface area contributed by atoms with E-state index in [1.54, 1.807) is 0 Å². The second-order valence-corrected chi connectivity index (χ2v) is 55.9. The van der Waals surface area contributed by atoms with Crippen molar-refractivity contribution >= 4 is 62.2 Å². The highest BCUT2D eigenvalue weighted by Gasteiger charge is 2.54. The molecule has 0 aliphatic carbocycles. The van der Waals surface area contributed by atoms with Crippen molar-refractivity contribution in [1.82, 2.24) is 24.8 Å². The van der Waals surface area contributed by atoms with E-state index < -0.39 is 224 Å². The molecule has 0 bridgehead atoms. The number of amides is 2. The average Bonchev–Trinajstić information content (AvgIpc) is 0.895. The van der Waals surface area contributed by atoms with Gasteiger partial charge >= 0.3 is 17.1 Å². The molecule has 0 radical (unpaired) electrons. The summed E-state index contributed by atoms with van der Waals surface area (Å²) in [5.74, 6) is 1.12. The number of hydrogen-bond donors (Lipinski definition) is 16. The lowest BCUT2D eigenvalue weighted by atomic mass is 9.96. The summed E-state index contributed by atoms with van der Waals surface area (Å²) in [6, 6.07) is 1.66. The molecular weight excluding hydrogens is 1480 g/mol. The van der Waals surface area contributed by atoms with E-state index in [-0.39, 0.29) is 45.1 Å². The van der Waals surface area contributed by atoms with Crippen LogP contribution in [0.25, 0.3) is 10.4 Å². The summed E-state index contributed by atoms with van der Waals surface area (Å²) < 4.78 is 71.3. The maximum Gasteiger partial charge on any atom is 0.314 e. The van der Waals surface area contributed by atoms with Gasteiger partial charge in [-0.1, -0.05) is 16.2 Å². The molecule has 104 heavy (non-hydrogen) atoms.